The number of hydrogen-bond donors (Lipinski definition) is 3. The van der Waals surface area contributed by atoms with Crippen LogP contribution in [0.25, 0.3) is 6.08 Å². The Bertz CT molecular complexity index is 469. The van der Waals surface area contributed by atoms with Gasteiger partial charge in [0.2, 0.25) is 11.8 Å². The first kappa shape index (κ1) is 13.8. The minimum atomic E-state index is -0.442. The van der Waals surface area contributed by atoms with Gasteiger partial charge in [0.1, 0.15) is 0 Å². The van der Waals surface area contributed by atoms with Gasteiger partial charge in [0, 0.05) is 24.2 Å². The zero-order valence-electron chi connectivity index (χ0n) is 10.2. The second-order valence-electron chi connectivity index (χ2n) is 4.08. The molecule has 2 amide bonds. The molecule has 0 radical (unpaired) electrons. The smallest absolute Gasteiger partial charge is 0.244 e. The molecule has 0 aliphatic heterocycles. The van der Waals surface area contributed by atoms with Crippen LogP contribution in [-0.2, 0) is 9.59 Å². The molecule has 1 rings (SSSR count). The zero-order valence-corrected chi connectivity index (χ0v) is 10.2. The van der Waals surface area contributed by atoms with Gasteiger partial charge < -0.3 is 16.8 Å². The lowest BCUT2D eigenvalue weighted by molar-refractivity contribution is -0.119. The summed E-state index contributed by atoms with van der Waals surface area (Å²) in [6.45, 7) is 1.72. The van der Waals surface area contributed by atoms with E-state index in [0.29, 0.717) is 5.69 Å². The van der Waals surface area contributed by atoms with E-state index in [0.717, 1.165) is 5.56 Å². The summed E-state index contributed by atoms with van der Waals surface area (Å²) >= 11 is 0. The quantitative estimate of drug-likeness (QED) is 0.526. The highest BCUT2D eigenvalue weighted by atomic mass is 16.2. The second kappa shape index (κ2) is 6.44. The van der Waals surface area contributed by atoms with Crippen LogP contribution in [0.4, 0.5) is 5.69 Å². The standard InChI is InChI=1S/C13H17N3O2/c1-9(7-12(15)17)16-13(18)6-5-10-3-2-4-11(14)8-10/h2-6,8-9H,7,14H2,1H3,(H2,15,17)(H,16,18)/b6-5+. The Balaban J connectivity index is 2.52. The van der Waals surface area contributed by atoms with Gasteiger partial charge in [0.25, 0.3) is 0 Å². The van der Waals surface area contributed by atoms with Gasteiger partial charge in [-0.15, -0.1) is 0 Å². The minimum absolute atomic E-state index is 0.123. The number of nitrogens with one attached hydrogen (secondary N) is 1. The first-order valence-electron chi connectivity index (χ1n) is 5.60. The van der Waals surface area contributed by atoms with Crippen molar-refractivity contribution in [1.82, 2.24) is 5.32 Å². The Morgan fingerprint density at radius 3 is 2.78 bits per heavy atom. The monoisotopic (exact) mass is 247 g/mol. The number of amides is 2. The lowest BCUT2D eigenvalue weighted by Crippen LogP contribution is -2.34. The van der Waals surface area contributed by atoms with Crippen LogP contribution < -0.4 is 16.8 Å². The van der Waals surface area contributed by atoms with E-state index in [9.17, 15) is 9.59 Å². The van der Waals surface area contributed by atoms with Crippen LogP contribution in [0.2, 0.25) is 0 Å². The fraction of sp³-hybridized carbons (Fsp3) is 0.231. The molecule has 0 heterocycles. The normalized spacial score (nSPS) is 12.3. The van der Waals surface area contributed by atoms with Gasteiger partial charge in [-0.3, -0.25) is 9.59 Å². The molecule has 0 spiro atoms. The van der Waals surface area contributed by atoms with E-state index in [1.165, 1.54) is 6.08 Å². The molecule has 1 atom stereocenters. The number of nitrogens with two attached hydrogens (primary N) is 2. The summed E-state index contributed by atoms with van der Waals surface area (Å²) in [5, 5.41) is 2.64. The summed E-state index contributed by atoms with van der Waals surface area (Å²) in [6, 6.07) is 6.90. The minimum Gasteiger partial charge on any atom is -0.399 e. The molecule has 0 aliphatic carbocycles. The van der Waals surface area contributed by atoms with Crippen LogP contribution in [-0.4, -0.2) is 17.9 Å². The molecule has 0 aromatic heterocycles. The number of rotatable bonds is 5. The molecule has 0 aliphatic rings. The number of primary amides is 1. The maximum atomic E-state index is 11.5. The Morgan fingerprint density at radius 2 is 2.17 bits per heavy atom. The highest BCUT2D eigenvalue weighted by Gasteiger charge is 2.07. The van der Waals surface area contributed by atoms with Crippen LogP contribution >= 0.6 is 0 Å². The van der Waals surface area contributed by atoms with Crippen molar-refractivity contribution < 1.29 is 9.59 Å². The van der Waals surface area contributed by atoms with Crippen molar-refractivity contribution in [2.75, 3.05) is 5.73 Å². The van der Waals surface area contributed by atoms with E-state index in [1.54, 1.807) is 25.1 Å². The van der Waals surface area contributed by atoms with Crippen molar-refractivity contribution in [3.8, 4) is 0 Å². The lowest BCUT2D eigenvalue weighted by atomic mass is 10.2. The molecule has 5 heteroatoms. The third-order valence-electron chi connectivity index (χ3n) is 2.23. The van der Waals surface area contributed by atoms with Gasteiger partial charge in [-0.2, -0.15) is 0 Å². The summed E-state index contributed by atoms with van der Waals surface area (Å²) in [5.41, 5.74) is 12.1. The van der Waals surface area contributed by atoms with E-state index in [2.05, 4.69) is 5.32 Å². The van der Waals surface area contributed by atoms with E-state index in [-0.39, 0.29) is 18.4 Å². The van der Waals surface area contributed by atoms with Crippen LogP contribution in [0.1, 0.15) is 18.9 Å². The molecular formula is C13H17N3O2. The third kappa shape index (κ3) is 5.16. The van der Waals surface area contributed by atoms with Crippen LogP contribution in [0.15, 0.2) is 30.3 Å². The van der Waals surface area contributed by atoms with Crippen LogP contribution in [0, 0.1) is 0 Å². The highest BCUT2D eigenvalue weighted by molar-refractivity contribution is 5.92. The van der Waals surface area contributed by atoms with E-state index < -0.39 is 5.91 Å². The first-order valence-corrected chi connectivity index (χ1v) is 5.60. The van der Waals surface area contributed by atoms with Gasteiger partial charge in [-0.25, -0.2) is 0 Å². The Morgan fingerprint density at radius 1 is 1.44 bits per heavy atom. The van der Waals surface area contributed by atoms with Crippen LogP contribution in [0.3, 0.4) is 0 Å². The van der Waals surface area contributed by atoms with Crippen molar-refractivity contribution in [3.05, 3.63) is 35.9 Å². The van der Waals surface area contributed by atoms with E-state index in [1.807, 2.05) is 12.1 Å². The predicted octanol–water partition coefficient (Wildman–Crippen LogP) is 0.662. The van der Waals surface area contributed by atoms with Crippen molar-refractivity contribution in [2.45, 2.75) is 19.4 Å². The summed E-state index contributed by atoms with van der Waals surface area (Å²) < 4.78 is 0. The second-order valence-corrected chi connectivity index (χ2v) is 4.08. The average molecular weight is 247 g/mol. The van der Waals surface area contributed by atoms with Gasteiger partial charge in [0.05, 0.1) is 0 Å². The number of carbonyl (C=O) groups excluding carboxylic acids is 2. The fourth-order valence-corrected chi connectivity index (χ4v) is 1.48. The summed E-state index contributed by atoms with van der Waals surface area (Å²) in [5.74, 6) is -0.714. The molecule has 18 heavy (non-hydrogen) atoms. The molecule has 1 unspecified atom stereocenters. The molecule has 0 bridgehead atoms. The molecular weight excluding hydrogens is 230 g/mol. The van der Waals surface area contributed by atoms with Crippen molar-refractivity contribution in [3.63, 3.8) is 0 Å². The molecule has 0 saturated carbocycles. The van der Waals surface area contributed by atoms with E-state index in [4.69, 9.17) is 11.5 Å². The van der Waals surface area contributed by atoms with E-state index >= 15 is 0 Å². The molecule has 0 saturated heterocycles. The first-order chi connectivity index (χ1) is 8.47. The van der Waals surface area contributed by atoms with Crippen molar-refractivity contribution in [1.29, 1.82) is 0 Å². The lowest BCUT2D eigenvalue weighted by Gasteiger charge is -2.09. The summed E-state index contributed by atoms with van der Waals surface area (Å²) in [6.07, 6.45) is 3.17. The fourth-order valence-electron chi connectivity index (χ4n) is 1.48. The van der Waals surface area contributed by atoms with Crippen LogP contribution in [0.5, 0.6) is 0 Å². The zero-order chi connectivity index (χ0) is 13.5. The Hall–Kier alpha value is -2.30. The largest absolute Gasteiger partial charge is 0.399 e. The number of anilines is 1. The SMILES string of the molecule is CC(CC(N)=O)NC(=O)/C=C/c1cccc(N)c1. The number of hydrogen-bond acceptors (Lipinski definition) is 3. The van der Waals surface area contributed by atoms with Gasteiger partial charge in [0.15, 0.2) is 0 Å². The highest BCUT2D eigenvalue weighted by Crippen LogP contribution is 2.07. The maximum Gasteiger partial charge on any atom is 0.244 e. The summed E-state index contributed by atoms with van der Waals surface area (Å²) in [4.78, 5) is 22.2. The third-order valence-corrected chi connectivity index (χ3v) is 2.23. The number of nitrogen functional groups attached to an aromatic ring is 1. The predicted molar refractivity (Wildman–Crippen MR) is 71.3 cm³/mol. The van der Waals surface area contributed by atoms with Gasteiger partial charge in [-0.1, -0.05) is 12.1 Å². The molecule has 5 nitrogen and oxygen atoms in total. The average Bonchev–Trinajstić information content (AvgIpc) is 2.25. The summed E-state index contributed by atoms with van der Waals surface area (Å²) in [7, 11) is 0. The maximum absolute atomic E-state index is 11.5. The molecule has 0 fully saturated rings. The molecule has 5 N–H and O–H groups in total. The van der Waals surface area contributed by atoms with Gasteiger partial charge >= 0.3 is 0 Å². The number of carbonyl (C=O) groups is 2. The topological polar surface area (TPSA) is 98.2 Å². The Kier molecular flexibility index (Phi) is 4.92. The number of benzene rings is 1. The Labute approximate surface area is 106 Å². The van der Waals surface area contributed by atoms with Crippen molar-refractivity contribution >= 4 is 23.6 Å². The molecule has 1 aromatic carbocycles. The van der Waals surface area contributed by atoms with Crippen molar-refractivity contribution in [2.24, 2.45) is 5.73 Å². The molecule has 96 valence electrons. The molecule has 1 aromatic rings. The van der Waals surface area contributed by atoms with Gasteiger partial charge in [-0.05, 0) is 30.7 Å².